The van der Waals surface area contributed by atoms with E-state index >= 15 is 0 Å². The zero-order valence-corrected chi connectivity index (χ0v) is 15.2. The van der Waals surface area contributed by atoms with Crippen LogP contribution in [0.3, 0.4) is 0 Å². The highest BCUT2D eigenvalue weighted by Crippen LogP contribution is 2.28. The van der Waals surface area contributed by atoms with Gasteiger partial charge in [0.1, 0.15) is 0 Å². The topological polar surface area (TPSA) is 90.7 Å². The van der Waals surface area contributed by atoms with Gasteiger partial charge in [-0.25, -0.2) is 0 Å². The van der Waals surface area contributed by atoms with Crippen molar-refractivity contribution in [3.63, 3.8) is 0 Å². The number of ether oxygens (including phenoxy) is 2. The van der Waals surface area contributed by atoms with Gasteiger partial charge in [-0.15, -0.1) is 0 Å². The van der Waals surface area contributed by atoms with Gasteiger partial charge >= 0.3 is 0 Å². The van der Waals surface area contributed by atoms with Crippen LogP contribution in [0.4, 0.5) is 5.69 Å². The van der Waals surface area contributed by atoms with E-state index in [0.29, 0.717) is 22.2 Å². The van der Waals surface area contributed by atoms with Crippen LogP contribution in [-0.2, 0) is 9.59 Å². The van der Waals surface area contributed by atoms with Crippen molar-refractivity contribution < 1.29 is 19.1 Å². The van der Waals surface area contributed by atoms with Gasteiger partial charge in [0.05, 0.1) is 7.11 Å². The van der Waals surface area contributed by atoms with Gasteiger partial charge in [-0.05, 0) is 48.4 Å². The largest absolute Gasteiger partial charge is 0.493 e. The van der Waals surface area contributed by atoms with E-state index in [-0.39, 0.29) is 12.5 Å². The summed E-state index contributed by atoms with van der Waals surface area (Å²) in [7, 11) is 1.48. The Labute approximate surface area is 156 Å². The Morgan fingerprint density at radius 3 is 2.62 bits per heavy atom. The molecule has 6 nitrogen and oxygen atoms in total. The number of benzene rings is 2. The van der Waals surface area contributed by atoms with Crippen LogP contribution in [0.15, 0.2) is 42.5 Å². The zero-order valence-electron chi connectivity index (χ0n) is 14.4. The Morgan fingerprint density at radius 2 is 1.96 bits per heavy atom. The maximum atomic E-state index is 12.0. The maximum absolute atomic E-state index is 12.0. The summed E-state index contributed by atoms with van der Waals surface area (Å²) >= 11 is 6.04. The lowest BCUT2D eigenvalue weighted by atomic mass is 10.2. The first-order chi connectivity index (χ1) is 12.4. The molecule has 0 bridgehead atoms. The fourth-order valence-electron chi connectivity index (χ4n) is 2.08. The fourth-order valence-corrected chi connectivity index (χ4v) is 2.26. The Morgan fingerprint density at radius 1 is 1.19 bits per heavy atom. The van der Waals surface area contributed by atoms with Crippen LogP contribution >= 0.6 is 11.6 Å². The molecule has 2 aromatic carbocycles. The molecule has 26 heavy (non-hydrogen) atoms. The number of nitrogens with two attached hydrogens (primary N) is 1. The quantitative estimate of drug-likeness (QED) is 0.728. The minimum atomic E-state index is -0.580. The molecule has 0 saturated carbocycles. The summed E-state index contributed by atoms with van der Waals surface area (Å²) in [5, 5.41) is 3.32. The average Bonchev–Trinajstić information content (AvgIpc) is 2.61. The molecule has 2 amide bonds. The second kappa shape index (κ2) is 8.92. The third-order valence-corrected chi connectivity index (χ3v) is 3.83. The summed E-state index contributed by atoms with van der Waals surface area (Å²) in [5.74, 6) is -0.0526. The molecule has 3 N–H and O–H groups in total. The lowest BCUT2D eigenvalue weighted by Crippen LogP contribution is -2.20. The molecule has 0 aliphatic carbocycles. The third kappa shape index (κ3) is 5.53. The smallest absolute Gasteiger partial charge is 0.255 e. The molecular weight excluding hydrogens is 356 g/mol. The average molecular weight is 375 g/mol. The Hall–Kier alpha value is -2.99. The van der Waals surface area contributed by atoms with Crippen molar-refractivity contribution in [1.29, 1.82) is 0 Å². The first kappa shape index (κ1) is 19.3. The molecule has 0 heterocycles. The first-order valence-corrected chi connectivity index (χ1v) is 8.11. The van der Waals surface area contributed by atoms with Gasteiger partial charge in [0.15, 0.2) is 18.1 Å². The molecule has 0 spiro atoms. The van der Waals surface area contributed by atoms with Crippen molar-refractivity contribution in [2.75, 3.05) is 19.0 Å². The summed E-state index contributed by atoms with van der Waals surface area (Å²) in [5.41, 5.74) is 7.33. The van der Waals surface area contributed by atoms with E-state index in [0.717, 1.165) is 11.1 Å². The third-order valence-electron chi connectivity index (χ3n) is 3.42. The number of halogens is 1. The van der Waals surface area contributed by atoms with Crippen LogP contribution in [0.2, 0.25) is 5.02 Å². The normalized spacial score (nSPS) is 10.6. The number of amides is 2. The van der Waals surface area contributed by atoms with Gasteiger partial charge in [-0.1, -0.05) is 23.7 Å². The van der Waals surface area contributed by atoms with Gasteiger partial charge in [-0.3, -0.25) is 9.59 Å². The molecule has 0 saturated heterocycles. The Bertz CT molecular complexity index is 849. The molecule has 2 aromatic rings. The fraction of sp³-hybridized carbons (Fsp3) is 0.158. The van der Waals surface area contributed by atoms with Gasteiger partial charge < -0.3 is 20.5 Å². The van der Waals surface area contributed by atoms with Crippen molar-refractivity contribution in [1.82, 2.24) is 0 Å². The lowest BCUT2D eigenvalue weighted by molar-refractivity contribution is -0.120. The second-order valence-electron chi connectivity index (χ2n) is 5.45. The van der Waals surface area contributed by atoms with Gasteiger partial charge in [0, 0.05) is 16.8 Å². The molecular formula is C19H19ClN2O4. The summed E-state index contributed by atoms with van der Waals surface area (Å²) < 4.78 is 10.5. The highest BCUT2D eigenvalue weighted by Gasteiger charge is 2.07. The molecule has 0 aromatic heterocycles. The predicted molar refractivity (Wildman–Crippen MR) is 102 cm³/mol. The Kier molecular flexibility index (Phi) is 6.63. The van der Waals surface area contributed by atoms with E-state index in [1.54, 1.807) is 36.4 Å². The molecule has 0 aliphatic heterocycles. The van der Waals surface area contributed by atoms with Crippen LogP contribution in [0.5, 0.6) is 11.5 Å². The summed E-state index contributed by atoms with van der Waals surface area (Å²) in [6, 6.07) is 10.3. The number of primary amides is 1. The summed E-state index contributed by atoms with van der Waals surface area (Å²) in [6.07, 6.45) is 3.03. The Balaban J connectivity index is 2.05. The molecule has 0 radical (unpaired) electrons. The number of rotatable bonds is 7. The standard InChI is InChI=1S/C19H19ClN2O4/c1-12-3-6-14(10-15(12)20)22-19(24)8-5-13-4-7-16(17(9-13)25-2)26-11-18(21)23/h3-10H,11H2,1-2H3,(H2,21,23)(H,22,24)/b8-5+. The van der Waals surface area contributed by atoms with Crippen molar-refractivity contribution in [2.45, 2.75) is 6.92 Å². The van der Waals surface area contributed by atoms with Crippen LogP contribution in [0.25, 0.3) is 6.08 Å². The molecule has 0 fully saturated rings. The molecule has 0 atom stereocenters. The number of aryl methyl sites for hydroxylation is 1. The van der Waals surface area contributed by atoms with E-state index in [1.807, 2.05) is 13.0 Å². The van der Waals surface area contributed by atoms with E-state index in [1.165, 1.54) is 13.2 Å². The van der Waals surface area contributed by atoms with Crippen molar-refractivity contribution in [2.24, 2.45) is 5.73 Å². The van der Waals surface area contributed by atoms with Crippen LogP contribution in [0, 0.1) is 6.92 Å². The summed E-state index contributed by atoms with van der Waals surface area (Å²) in [4.78, 5) is 22.8. The molecule has 0 unspecified atom stereocenters. The van der Waals surface area contributed by atoms with E-state index in [9.17, 15) is 9.59 Å². The molecule has 7 heteroatoms. The minimum absolute atomic E-state index is 0.243. The van der Waals surface area contributed by atoms with Crippen LogP contribution in [-0.4, -0.2) is 25.5 Å². The highest BCUT2D eigenvalue weighted by molar-refractivity contribution is 6.31. The van der Waals surface area contributed by atoms with Crippen molar-refractivity contribution in [3.05, 3.63) is 58.6 Å². The van der Waals surface area contributed by atoms with Gasteiger partial charge in [0.2, 0.25) is 5.91 Å². The van der Waals surface area contributed by atoms with Gasteiger partial charge in [0.25, 0.3) is 5.91 Å². The number of carbonyl (C=O) groups excluding carboxylic acids is 2. The molecule has 136 valence electrons. The lowest BCUT2D eigenvalue weighted by Gasteiger charge is -2.10. The number of anilines is 1. The predicted octanol–water partition coefficient (Wildman–Crippen LogP) is 3.17. The second-order valence-corrected chi connectivity index (χ2v) is 5.86. The first-order valence-electron chi connectivity index (χ1n) is 7.73. The van der Waals surface area contributed by atoms with Crippen molar-refractivity contribution >= 4 is 35.2 Å². The number of methoxy groups -OCH3 is 1. The zero-order chi connectivity index (χ0) is 19.1. The molecule has 2 rings (SSSR count). The monoisotopic (exact) mass is 374 g/mol. The van der Waals surface area contributed by atoms with E-state index in [2.05, 4.69) is 5.32 Å². The SMILES string of the molecule is COc1cc(/C=C/C(=O)Nc2ccc(C)c(Cl)c2)ccc1OCC(N)=O. The summed E-state index contributed by atoms with van der Waals surface area (Å²) in [6.45, 7) is 1.64. The van der Waals surface area contributed by atoms with E-state index < -0.39 is 5.91 Å². The highest BCUT2D eigenvalue weighted by atomic mass is 35.5. The van der Waals surface area contributed by atoms with Gasteiger partial charge in [-0.2, -0.15) is 0 Å². The molecule has 0 aliphatic rings. The number of nitrogens with one attached hydrogen (secondary N) is 1. The minimum Gasteiger partial charge on any atom is -0.493 e. The number of hydrogen-bond acceptors (Lipinski definition) is 4. The number of hydrogen-bond donors (Lipinski definition) is 2. The van der Waals surface area contributed by atoms with Crippen LogP contribution < -0.4 is 20.5 Å². The van der Waals surface area contributed by atoms with Crippen LogP contribution in [0.1, 0.15) is 11.1 Å². The van der Waals surface area contributed by atoms with Crippen molar-refractivity contribution in [3.8, 4) is 11.5 Å². The maximum Gasteiger partial charge on any atom is 0.255 e. The van der Waals surface area contributed by atoms with E-state index in [4.69, 9.17) is 26.8 Å². The number of carbonyl (C=O) groups is 2.